The van der Waals surface area contributed by atoms with Gasteiger partial charge in [-0.25, -0.2) is 4.79 Å². The number of rotatable bonds is 4. The predicted molar refractivity (Wildman–Crippen MR) is 76.6 cm³/mol. The van der Waals surface area contributed by atoms with E-state index in [0.717, 1.165) is 24.2 Å². The molecule has 1 aliphatic rings. The van der Waals surface area contributed by atoms with Crippen molar-refractivity contribution in [2.75, 3.05) is 6.54 Å². The molecule has 1 aromatic rings. The Morgan fingerprint density at radius 3 is 2.53 bits per heavy atom. The normalized spacial score (nSPS) is 18.8. The summed E-state index contributed by atoms with van der Waals surface area (Å²) in [5.74, 6) is -0.836. The van der Waals surface area contributed by atoms with Crippen LogP contribution in [0.15, 0.2) is 48.1 Å². The average molecular weight is 257 g/mol. The van der Waals surface area contributed by atoms with Crippen LogP contribution in [0.25, 0.3) is 5.70 Å². The fourth-order valence-corrected chi connectivity index (χ4v) is 2.46. The zero-order valence-corrected chi connectivity index (χ0v) is 11.3. The number of hydrogen-bond acceptors (Lipinski definition) is 2. The quantitative estimate of drug-likeness (QED) is 0.900. The second kappa shape index (κ2) is 5.74. The molecule has 0 amide bonds. The van der Waals surface area contributed by atoms with E-state index in [0.29, 0.717) is 5.57 Å². The van der Waals surface area contributed by atoms with Gasteiger partial charge in [0, 0.05) is 12.2 Å². The zero-order chi connectivity index (χ0) is 13.8. The average Bonchev–Trinajstić information content (AvgIpc) is 2.41. The van der Waals surface area contributed by atoms with Crippen molar-refractivity contribution in [3.63, 3.8) is 0 Å². The topological polar surface area (TPSA) is 40.5 Å². The minimum absolute atomic E-state index is 0.0994. The molecule has 3 heteroatoms. The molecule has 0 fully saturated rings. The highest BCUT2D eigenvalue weighted by Gasteiger charge is 2.27. The second-order valence-corrected chi connectivity index (χ2v) is 4.71. The summed E-state index contributed by atoms with van der Waals surface area (Å²) in [5, 5.41) is 9.23. The predicted octanol–water partition coefficient (Wildman–Crippen LogP) is 3.15. The first-order valence-corrected chi connectivity index (χ1v) is 6.62. The van der Waals surface area contributed by atoms with Crippen molar-refractivity contribution in [1.82, 2.24) is 4.90 Å². The highest BCUT2D eigenvalue weighted by atomic mass is 16.4. The number of carbonyl (C=O) groups is 1. The molecule has 19 heavy (non-hydrogen) atoms. The summed E-state index contributed by atoms with van der Waals surface area (Å²) in [6, 6.07) is 10.0. The summed E-state index contributed by atoms with van der Waals surface area (Å²) in [4.78, 5) is 13.4. The van der Waals surface area contributed by atoms with E-state index in [-0.39, 0.29) is 6.04 Å². The van der Waals surface area contributed by atoms with Gasteiger partial charge in [-0.3, -0.25) is 0 Å². The molecule has 1 unspecified atom stereocenters. The third kappa shape index (κ3) is 2.70. The molecule has 1 atom stereocenters. The van der Waals surface area contributed by atoms with Gasteiger partial charge in [0.15, 0.2) is 0 Å². The van der Waals surface area contributed by atoms with Crippen molar-refractivity contribution in [1.29, 1.82) is 0 Å². The minimum atomic E-state index is -0.836. The van der Waals surface area contributed by atoms with Crippen molar-refractivity contribution >= 4 is 11.7 Å². The first-order chi connectivity index (χ1) is 9.15. The van der Waals surface area contributed by atoms with E-state index >= 15 is 0 Å². The van der Waals surface area contributed by atoms with E-state index in [1.54, 1.807) is 6.08 Å². The molecule has 1 heterocycles. The lowest BCUT2D eigenvalue weighted by atomic mass is 9.98. The summed E-state index contributed by atoms with van der Waals surface area (Å²) in [6.07, 6.45) is 4.62. The van der Waals surface area contributed by atoms with Gasteiger partial charge in [0.1, 0.15) is 0 Å². The Morgan fingerprint density at radius 1 is 1.26 bits per heavy atom. The maximum absolute atomic E-state index is 11.2. The summed E-state index contributed by atoms with van der Waals surface area (Å²) >= 11 is 0. The summed E-state index contributed by atoms with van der Waals surface area (Å²) in [6.45, 7) is 4.91. The number of hydrogen-bond donors (Lipinski definition) is 1. The molecular weight excluding hydrogens is 238 g/mol. The number of carboxylic acid groups (broad SMARTS) is 1. The van der Waals surface area contributed by atoms with Gasteiger partial charge in [-0.15, -0.1) is 0 Å². The van der Waals surface area contributed by atoms with Crippen LogP contribution in [0.1, 0.15) is 25.8 Å². The van der Waals surface area contributed by atoms with Crippen molar-refractivity contribution in [3.05, 3.63) is 53.6 Å². The van der Waals surface area contributed by atoms with E-state index in [1.807, 2.05) is 31.2 Å². The van der Waals surface area contributed by atoms with Gasteiger partial charge < -0.3 is 10.0 Å². The first kappa shape index (κ1) is 13.4. The fourth-order valence-electron chi connectivity index (χ4n) is 2.46. The molecular formula is C16H19NO2. The van der Waals surface area contributed by atoms with Crippen LogP contribution in [0.3, 0.4) is 0 Å². The number of allylic oxidation sites excluding steroid dienone is 2. The van der Waals surface area contributed by atoms with Gasteiger partial charge in [-0.1, -0.05) is 37.3 Å². The lowest BCUT2D eigenvalue weighted by Crippen LogP contribution is -2.37. The number of benzene rings is 1. The van der Waals surface area contributed by atoms with Gasteiger partial charge in [0.25, 0.3) is 0 Å². The van der Waals surface area contributed by atoms with Gasteiger partial charge in [-0.2, -0.15) is 0 Å². The Balaban J connectivity index is 2.42. The Morgan fingerprint density at radius 2 is 1.95 bits per heavy atom. The van der Waals surface area contributed by atoms with Crippen LogP contribution in [0, 0.1) is 0 Å². The first-order valence-electron chi connectivity index (χ1n) is 6.62. The van der Waals surface area contributed by atoms with Crippen molar-refractivity contribution in [2.45, 2.75) is 26.3 Å². The van der Waals surface area contributed by atoms with Crippen LogP contribution in [0.4, 0.5) is 0 Å². The smallest absolute Gasteiger partial charge is 0.333 e. The summed E-state index contributed by atoms with van der Waals surface area (Å²) in [7, 11) is 0. The second-order valence-electron chi connectivity index (χ2n) is 4.71. The third-order valence-corrected chi connectivity index (χ3v) is 3.43. The molecule has 3 nitrogen and oxygen atoms in total. The van der Waals surface area contributed by atoms with Gasteiger partial charge in [0.2, 0.25) is 0 Å². The molecule has 100 valence electrons. The van der Waals surface area contributed by atoms with Crippen LogP contribution in [0.2, 0.25) is 0 Å². The maximum atomic E-state index is 11.2. The number of carboxylic acids is 1. The SMILES string of the molecule is CCCN1C(c2ccccc2)=CC=C(C(=O)O)C1C. The van der Waals surface area contributed by atoms with Gasteiger partial charge >= 0.3 is 5.97 Å². The largest absolute Gasteiger partial charge is 0.478 e. The van der Waals surface area contributed by atoms with Gasteiger partial charge in [-0.05, 0) is 31.1 Å². The van der Waals surface area contributed by atoms with Crippen molar-refractivity contribution < 1.29 is 9.90 Å². The monoisotopic (exact) mass is 257 g/mol. The van der Waals surface area contributed by atoms with Crippen molar-refractivity contribution in [3.8, 4) is 0 Å². The minimum Gasteiger partial charge on any atom is -0.478 e. The van der Waals surface area contributed by atoms with Crippen LogP contribution < -0.4 is 0 Å². The van der Waals surface area contributed by atoms with Gasteiger partial charge in [0.05, 0.1) is 11.6 Å². The Kier molecular flexibility index (Phi) is 4.05. The molecule has 1 aromatic carbocycles. The third-order valence-electron chi connectivity index (χ3n) is 3.43. The highest BCUT2D eigenvalue weighted by Crippen LogP contribution is 2.29. The fraction of sp³-hybridized carbons (Fsp3) is 0.312. The molecule has 0 spiro atoms. The van der Waals surface area contributed by atoms with Crippen molar-refractivity contribution in [2.24, 2.45) is 0 Å². The van der Waals surface area contributed by atoms with Crippen LogP contribution in [-0.4, -0.2) is 28.6 Å². The number of aliphatic carboxylic acids is 1. The van der Waals surface area contributed by atoms with E-state index < -0.39 is 5.97 Å². The lowest BCUT2D eigenvalue weighted by Gasteiger charge is -2.36. The Bertz CT molecular complexity index is 517. The molecule has 1 aliphatic heterocycles. The zero-order valence-electron chi connectivity index (χ0n) is 11.3. The van der Waals surface area contributed by atoms with E-state index in [1.165, 1.54) is 0 Å². The molecule has 0 radical (unpaired) electrons. The van der Waals surface area contributed by atoms with Crippen LogP contribution in [0.5, 0.6) is 0 Å². The summed E-state index contributed by atoms with van der Waals surface area (Å²) < 4.78 is 0. The molecule has 0 aliphatic carbocycles. The molecule has 1 N–H and O–H groups in total. The van der Waals surface area contributed by atoms with E-state index in [9.17, 15) is 9.90 Å². The number of nitrogens with zero attached hydrogens (tertiary/aromatic N) is 1. The van der Waals surface area contributed by atoms with Crippen LogP contribution in [-0.2, 0) is 4.79 Å². The summed E-state index contributed by atoms with van der Waals surface area (Å²) in [5.41, 5.74) is 2.68. The maximum Gasteiger partial charge on any atom is 0.333 e. The molecule has 2 rings (SSSR count). The standard InChI is InChI=1S/C16H19NO2/c1-3-11-17-12(2)14(16(18)19)9-10-15(17)13-7-5-4-6-8-13/h4-10,12H,3,11H2,1-2H3,(H,18,19). The Labute approximate surface area is 113 Å². The lowest BCUT2D eigenvalue weighted by molar-refractivity contribution is -0.133. The van der Waals surface area contributed by atoms with Crippen LogP contribution >= 0.6 is 0 Å². The van der Waals surface area contributed by atoms with E-state index in [4.69, 9.17) is 0 Å². The molecule has 0 saturated carbocycles. The highest BCUT2D eigenvalue weighted by molar-refractivity contribution is 5.90. The van der Waals surface area contributed by atoms with E-state index in [2.05, 4.69) is 24.0 Å². The molecule has 0 aromatic heterocycles. The Hall–Kier alpha value is -2.03. The molecule has 0 bridgehead atoms. The molecule has 0 saturated heterocycles.